The average molecular weight is 242 g/mol. The summed E-state index contributed by atoms with van der Waals surface area (Å²) < 4.78 is 0. The lowest BCUT2D eigenvalue weighted by Crippen LogP contribution is -2.13. The molecule has 80 valence electrons. The van der Waals surface area contributed by atoms with E-state index in [1.165, 1.54) is 0 Å². The Labute approximate surface area is 98.8 Å². The summed E-state index contributed by atoms with van der Waals surface area (Å²) in [4.78, 5) is 4.08. The molecule has 1 atom stereocenters. The third-order valence-electron chi connectivity index (χ3n) is 1.90. The van der Waals surface area contributed by atoms with Gasteiger partial charge in [0.2, 0.25) is 0 Å². The van der Waals surface area contributed by atoms with E-state index in [9.17, 15) is 0 Å². The quantitative estimate of drug-likeness (QED) is 0.824. The molecule has 1 unspecified atom stereocenters. The van der Waals surface area contributed by atoms with Crippen LogP contribution in [0, 0.1) is 11.3 Å². The molecule has 1 aromatic heterocycles. The first-order chi connectivity index (χ1) is 7.15. The first kappa shape index (κ1) is 12.2. The van der Waals surface area contributed by atoms with E-state index in [1.807, 2.05) is 6.07 Å². The fraction of sp³-hybridized carbons (Fsp3) is 0.400. The van der Waals surface area contributed by atoms with Gasteiger partial charge in [0.1, 0.15) is 11.0 Å². The van der Waals surface area contributed by atoms with Crippen molar-refractivity contribution >= 4 is 29.2 Å². The number of hydrogen-bond donors (Lipinski definition) is 1. The molecule has 0 bridgehead atoms. The summed E-state index contributed by atoms with van der Waals surface area (Å²) in [6.45, 7) is 2.92. The van der Waals surface area contributed by atoms with Crippen molar-refractivity contribution < 1.29 is 0 Å². The summed E-state index contributed by atoms with van der Waals surface area (Å²) in [6, 6.07) is 5.28. The van der Waals surface area contributed by atoms with Gasteiger partial charge < -0.3 is 5.32 Å². The van der Waals surface area contributed by atoms with Gasteiger partial charge in [-0.25, -0.2) is 4.98 Å². The standard InChI is InChI=1S/C10H12ClN3S/c1-7(15-2)6-13-10-4-8(5-12)3-9(11)14-10/h3-4,7H,6H2,1-2H3,(H,13,14). The monoisotopic (exact) mass is 241 g/mol. The minimum absolute atomic E-state index is 0.341. The molecule has 3 nitrogen and oxygen atoms in total. The van der Waals surface area contributed by atoms with Gasteiger partial charge in [0.05, 0.1) is 11.6 Å². The average Bonchev–Trinajstić information content (AvgIpc) is 2.25. The molecule has 0 saturated carbocycles. The van der Waals surface area contributed by atoms with Gasteiger partial charge in [-0.15, -0.1) is 0 Å². The summed E-state index contributed by atoms with van der Waals surface area (Å²) in [5.41, 5.74) is 0.523. The predicted molar refractivity (Wildman–Crippen MR) is 65.4 cm³/mol. The van der Waals surface area contributed by atoms with Crippen LogP contribution in [0.3, 0.4) is 0 Å². The van der Waals surface area contributed by atoms with E-state index in [1.54, 1.807) is 23.9 Å². The lowest BCUT2D eigenvalue weighted by molar-refractivity contribution is 0.991. The number of pyridine rings is 1. The number of rotatable bonds is 4. The van der Waals surface area contributed by atoms with Crippen molar-refractivity contribution in [3.63, 3.8) is 0 Å². The summed E-state index contributed by atoms with van der Waals surface area (Å²) >= 11 is 7.54. The molecule has 0 radical (unpaired) electrons. The number of nitrogens with zero attached hydrogens (tertiary/aromatic N) is 2. The number of thioether (sulfide) groups is 1. The minimum atomic E-state index is 0.341. The number of halogens is 1. The molecule has 1 rings (SSSR count). The van der Waals surface area contributed by atoms with Gasteiger partial charge in [0.15, 0.2) is 0 Å². The van der Waals surface area contributed by atoms with Gasteiger partial charge in [-0.05, 0) is 18.4 Å². The van der Waals surface area contributed by atoms with Crippen LogP contribution < -0.4 is 5.32 Å². The van der Waals surface area contributed by atoms with Crippen LogP contribution in [0.1, 0.15) is 12.5 Å². The zero-order chi connectivity index (χ0) is 11.3. The van der Waals surface area contributed by atoms with Crippen molar-refractivity contribution in [3.8, 4) is 6.07 Å². The number of aromatic nitrogens is 1. The third kappa shape index (κ3) is 3.98. The molecule has 0 aromatic carbocycles. The molecule has 0 aliphatic carbocycles. The van der Waals surface area contributed by atoms with Gasteiger partial charge in [0, 0.05) is 11.8 Å². The lowest BCUT2D eigenvalue weighted by atomic mass is 10.3. The molecule has 5 heteroatoms. The van der Waals surface area contributed by atoms with Crippen molar-refractivity contribution in [2.45, 2.75) is 12.2 Å². The first-order valence-corrected chi connectivity index (χ1v) is 6.16. The van der Waals surface area contributed by atoms with Gasteiger partial charge in [-0.2, -0.15) is 17.0 Å². The summed E-state index contributed by atoms with van der Waals surface area (Å²) in [5, 5.41) is 12.7. The predicted octanol–water partition coefficient (Wildman–Crippen LogP) is 2.77. The number of nitriles is 1. The van der Waals surface area contributed by atoms with Crippen LogP contribution in [0.5, 0.6) is 0 Å². The number of nitrogens with one attached hydrogen (secondary N) is 1. The fourth-order valence-electron chi connectivity index (χ4n) is 0.984. The Morgan fingerprint density at radius 3 is 3.00 bits per heavy atom. The highest BCUT2D eigenvalue weighted by Crippen LogP contribution is 2.14. The zero-order valence-electron chi connectivity index (χ0n) is 8.62. The number of hydrogen-bond acceptors (Lipinski definition) is 4. The maximum atomic E-state index is 8.74. The van der Waals surface area contributed by atoms with Gasteiger partial charge in [0.25, 0.3) is 0 Å². The topological polar surface area (TPSA) is 48.7 Å². The lowest BCUT2D eigenvalue weighted by Gasteiger charge is -2.10. The zero-order valence-corrected chi connectivity index (χ0v) is 10.2. The van der Waals surface area contributed by atoms with E-state index in [4.69, 9.17) is 16.9 Å². The molecule has 0 aliphatic rings. The number of anilines is 1. The molecule has 0 amide bonds. The van der Waals surface area contributed by atoms with Crippen molar-refractivity contribution in [1.29, 1.82) is 5.26 Å². The molecular weight excluding hydrogens is 230 g/mol. The summed E-state index contributed by atoms with van der Waals surface area (Å²) in [6.07, 6.45) is 2.05. The Hall–Kier alpha value is -0.920. The minimum Gasteiger partial charge on any atom is -0.369 e. The van der Waals surface area contributed by atoms with Crippen LogP contribution in [-0.4, -0.2) is 23.0 Å². The van der Waals surface area contributed by atoms with Crippen molar-refractivity contribution in [3.05, 3.63) is 22.8 Å². The van der Waals surface area contributed by atoms with E-state index >= 15 is 0 Å². The van der Waals surface area contributed by atoms with Crippen LogP contribution >= 0.6 is 23.4 Å². The smallest absolute Gasteiger partial charge is 0.132 e. The van der Waals surface area contributed by atoms with Crippen LogP contribution in [0.25, 0.3) is 0 Å². The second kappa shape index (κ2) is 5.84. The maximum Gasteiger partial charge on any atom is 0.132 e. The Morgan fingerprint density at radius 1 is 1.67 bits per heavy atom. The van der Waals surface area contributed by atoms with Crippen molar-refractivity contribution in [1.82, 2.24) is 4.98 Å². The molecule has 0 saturated heterocycles. The second-order valence-corrected chi connectivity index (χ2v) is 4.77. The molecule has 1 N–H and O–H groups in total. The Kier molecular flexibility index (Phi) is 4.73. The van der Waals surface area contributed by atoms with Crippen molar-refractivity contribution in [2.75, 3.05) is 18.1 Å². The van der Waals surface area contributed by atoms with Gasteiger partial charge >= 0.3 is 0 Å². The van der Waals surface area contributed by atoms with E-state index in [2.05, 4.69) is 23.5 Å². The summed E-state index contributed by atoms with van der Waals surface area (Å²) in [7, 11) is 0. The van der Waals surface area contributed by atoms with Gasteiger partial charge in [-0.3, -0.25) is 0 Å². The van der Waals surface area contributed by atoms with E-state index in [-0.39, 0.29) is 0 Å². The van der Waals surface area contributed by atoms with E-state index in [0.29, 0.717) is 21.8 Å². The molecule has 0 aliphatic heterocycles. The summed E-state index contributed by atoms with van der Waals surface area (Å²) in [5.74, 6) is 0.653. The highest BCUT2D eigenvalue weighted by atomic mass is 35.5. The maximum absolute atomic E-state index is 8.74. The first-order valence-electron chi connectivity index (χ1n) is 4.50. The molecule has 1 aromatic rings. The van der Waals surface area contributed by atoms with Crippen LogP contribution in [0.4, 0.5) is 5.82 Å². The SMILES string of the molecule is CSC(C)CNc1cc(C#N)cc(Cl)n1. The fourth-order valence-corrected chi connectivity index (χ4v) is 1.44. The Morgan fingerprint density at radius 2 is 2.40 bits per heavy atom. The molecule has 0 spiro atoms. The highest BCUT2D eigenvalue weighted by Gasteiger charge is 2.02. The molecule has 1 heterocycles. The van der Waals surface area contributed by atoms with E-state index < -0.39 is 0 Å². The highest BCUT2D eigenvalue weighted by molar-refractivity contribution is 7.99. The molecule has 15 heavy (non-hydrogen) atoms. The normalized spacial score (nSPS) is 11.9. The van der Waals surface area contributed by atoms with Crippen LogP contribution in [0.2, 0.25) is 5.15 Å². The molecule has 0 fully saturated rings. The van der Waals surface area contributed by atoms with E-state index in [0.717, 1.165) is 6.54 Å². The Balaban J connectivity index is 2.69. The van der Waals surface area contributed by atoms with Crippen LogP contribution in [-0.2, 0) is 0 Å². The van der Waals surface area contributed by atoms with Gasteiger partial charge in [-0.1, -0.05) is 18.5 Å². The third-order valence-corrected chi connectivity index (χ3v) is 3.06. The Bertz CT molecular complexity index is 375. The van der Waals surface area contributed by atoms with Crippen LogP contribution in [0.15, 0.2) is 12.1 Å². The largest absolute Gasteiger partial charge is 0.369 e. The molecular formula is C10H12ClN3S. The second-order valence-electron chi connectivity index (χ2n) is 3.10. The van der Waals surface area contributed by atoms with Crippen molar-refractivity contribution in [2.24, 2.45) is 0 Å².